The number of carbonyl (C=O) groups is 3. The predicted octanol–water partition coefficient (Wildman–Crippen LogP) is 8.14. The first-order valence-electron chi connectivity index (χ1n) is 16.4. The van der Waals surface area contributed by atoms with E-state index in [1.165, 1.54) is 4.88 Å². The molecule has 47 heavy (non-hydrogen) atoms. The third kappa shape index (κ3) is 11.6. The van der Waals surface area contributed by atoms with Crippen molar-refractivity contribution in [3.8, 4) is 0 Å². The van der Waals surface area contributed by atoms with Crippen LogP contribution in [0.25, 0.3) is 0 Å². The first-order chi connectivity index (χ1) is 22.6. The van der Waals surface area contributed by atoms with Gasteiger partial charge in [0.15, 0.2) is 0 Å². The number of rotatable bonds is 16. The lowest BCUT2D eigenvalue weighted by atomic mass is 9.87. The van der Waals surface area contributed by atoms with Gasteiger partial charge in [0.25, 0.3) is 0 Å². The van der Waals surface area contributed by atoms with Crippen LogP contribution >= 0.6 is 11.3 Å². The van der Waals surface area contributed by atoms with Crippen LogP contribution in [-0.2, 0) is 25.4 Å². The van der Waals surface area contributed by atoms with E-state index in [4.69, 9.17) is 14.2 Å². The van der Waals surface area contributed by atoms with Crippen LogP contribution in [0.3, 0.4) is 0 Å². The molecule has 1 aromatic heterocycles. The molecule has 1 aliphatic carbocycles. The first-order valence-corrected chi connectivity index (χ1v) is 17.3. The Kier molecular flexibility index (Phi) is 13.6. The van der Waals surface area contributed by atoms with Crippen LogP contribution in [0.4, 0.5) is 0 Å². The highest BCUT2D eigenvalue weighted by atomic mass is 32.1. The van der Waals surface area contributed by atoms with Gasteiger partial charge in [0.1, 0.15) is 12.2 Å². The summed E-state index contributed by atoms with van der Waals surface area (Å²) in [6, 6.07) is 21.7. The summed E-state index contributed by atoms with van der Waals surface area (Å²) >= 11 is 1.66. The molecule has 5 atom stereocenters. The average molecular weight is 659 g/mol. The number of allylic oxidation sites excluding steroid dienone is 2. The van der Waals surface area contributed by atoms with E-state index in [0.717, 1.165) is 6.42 Å². The van der Waals surface area contributed by atoms with Gasteiger partial charge in [-0.1, -0.05) is 66.8 Å². The van der Waals surface area contributed by atoms with E-state index in [1.807, 2.05) is 55.7 Å². The van der Waals surface area contributed by atoms with Crippen LogP contribution in [0.15, 0.2) is 102 Å². The molecule has 250 valence electrons. The summed E-state index contributed by atoms with van der Waals surface area (Å²) in [5, 5.41) is 13.3. The second kappa shape index (κ2) is 17.8. The molecular weight excluding hydrogens is 612 g/mol. The Morgan fingerprint density at radius 3 is 2.15 bits per heavy atom. The highest BCUT2D eigenvalue weighted by Gasteiger charge is 2.46. The molecule has 2 aromatic carbocycles. The number of aliphatic hydroxyl groups is 1. The third-order valence-electron chi connectivity index (χ3n) is 8.23. The van der Waals surface area contributed by atoms with E-state index in [1.54, 1.807) is 72.9 Å². The fourth-order valence-electron chi connectivity index (χ4n) is 5.77. The van der Waals surface area contributed by atoms with Crippen LogP contribution in [0, 0.1) is 11.8 Å². The molecule has 0 aliphatic heterocycles. The van der Waals surface area contributed by atoms with Crippen LogP contribution in [-0.4, -0.2) is 46.9 Å². The van der Waals surface area contributed by atoms with Crippen LogP contribution < -0.4 is 0 Å². The number of carbonyl (C=O) groups excluding carboxylic acids is 3. The minimum Gasteiger partial charge on any atom is -0.463 e. The number of unbranched alkanes of at least 4 members (excludes halogenated alkanes) is 1. The number of thiophene rings is 1. The SMILES string of the molecule is CC(C)OC(=O)CCC/C=C\C[C@@H]1[C@@H](/C=C/C(C)(O)CCc2cccs2)[C@H](OC(=O)c2ccccc2)C[C@@H]1OC(=O)c1ccccc1. The van der Waals surface area contributed by atoms with Crippen molar-refractivity contribution in [2.45, 2.75) is 89.6 Å². The number of aryl methyl sites for hydroxylation is 1. The number of hydrogen-bond acceptors (Lipinski definition) is 8. The van der Waals surface area contributed by atoms with Crippen molar-refractivity contribution >= 4 is 29.2 Å². The van der Waals surface area contributed by atoms with Crippen molar-refractivity contribution in [1.82, 2.24) is 0 Å². The minimum atomic E-state index is -1.10. The topological polar surface area (TPSA) is 99.1 Å². The van der Waals surface area contributed by atoms with Gasteiger partial charge in [-0.2, -0.15) is 0 Å². The zero-order chi connectivity index (χ0) is 33.6. The smallest absolute Gasteiger partial charge is 0.338 e. The van der Waals surface area contributed by atoms with Gasteiger partial charge >= 0.3 is 17.9 Å². The summed E-state index contributed by atoms with van der Waals surface area (Å²) in [6.07, 6.45) is 10.4. The fraction of sp³-hybridized carbons (Fsp3) is 0.410. The van der Waals surface area contributed by atoms with E-state index >= 15 is 0 Å². The number of benzene rings is 2. The van der Waals surface area contributed by atoms with Crippen molar-refractivity contribution in [3.63, 3.8) is 0 Å². The van der Waals surface area contributed by atoms with Crippen LogP contribution in [0.1, 0.15) is 84.9 Å². The van der Waals surface area contributed by atoms with Gasteiger partial charge in [0, 0.05) is 29.6 Å². The molecule has 1 saturated carbocycles. The molecule has 1 unspecified atom stereocenters. The Morgan fingerprint density at radius 1 is 0.915 bits per heavy atom. The second-order valence-electron chi connectivity index (χ2n) is 12.5. The van der Waals surface area contributed by atoms with E-state index in [-0.39, 0.29) is 23.9 Å². The molecule has 1 fully saturated rings. The highest BCUT2D eigenvalue weighted by molar-refractivity contribution is 7.09. The largest absolute Gasteiger partial charge is 0.463 e. The number of hydrogen-bond donors (Lipinski definition) is 1. The maximum absolute atomic E-state index is 13.2. The Hall–Kier alpha value is -4.01. The lowest BCUT2D eigenvalue weighted by molar-refractivity contribution is -0.147. The Balaban J connectivity index is 1.55. The van der Waals surface area contributed by atoms with Crippen LogP contribution in [0.2, 0.25) is 0 Å². The first kappa shape index (κ1) is 35.8. The molecule has 1 aliphatic rings. The Morgan fingerprint density at radius 2 is 1.55 bits per heavy atom. The summed E-state index contributed by atoms with van der Waals surface area (Å²) in [7, 11) is 0. The van der Waals surface area contributed by atoms with E-state index in [9.17, 15) is 19.5 Å². The molecule has 1 N–H and O–H groups in total. The highest BCUT2D eigenvalue weighted by Crippen LogP contribution is 2.41. The molecule has 0 amide bonds. The molecule has 0 bridgehead atoms. The van der Waals surface area contributed by atoms with E-state index in [0.29, 0.717) is 49.7 Å². The molecule has 3 aromatic rings. The Labute approximate surface area is 282 Å². The van der Waals surface area contributed by atoms with Crippen molar-refractivity contribution in [2.24, 2.45) is 11.8 Å². The van der Waals surface area contributed by atoms with Gasteiger partial charge < -0.3 is 19.3 Å². The third-order valence-corrected chi connectivity index (χ3v) is 9.17. The molecule has 1 heterocycles. The molecule has 8 heteroatoms. The fourth-order valence-corrected chi connectivity index (χ4v) is 6.48. The summed E-state index contributed by atoms with van der Waals surface area (Å²) in [5.74, 6) is -1.64. The van der Waals surface area contributed by atoms with Gasteiger partial charge in [-0.05, 0) is 88.6 Å². The minimum absolute atomic E-state index is 0.138. The summed E-state index contributed by atoms with van der Waals surface area (Å²) in [6.45, 7) is 5.45. The summed E-state index contributed by atoms with van der Waals surface area (Å²) in [5.41, 5.74) is -0.208. The zero-order valence-electron chi connectivity index (χ0n) is 27.5. The molecule has 4 rings (SSSR count). The monoisotopic (exact) mass is 658 g/mol. The quantitative estimate of drug-likeness (QED) is 0.0718. The zero-order valence-corrected chi connectivity index (χ0v) is 28.3. The molecule has 0 radical (unpaired) electrons. The lowest BCUT2D eigenvalue weighted by Gasteiger charge is -2.25. The maximum Gasteiger partial charge on any atom is 0.338 e. The standard InChI is InChI=1S/C39H46O7S/c1-28(2)44-36(40)21-13-5-4-12-20-32-33(23-25-39(3,43)24-22-31-19-14-26-47-31)35(46-38(42)30-17-10-7-11-18-30)27-34(32)45-37(41)29-15-8-6-9-16-29/h4,6-12,14-19,23,25-26,28,32-35,43H,5,13,20-22,24,27H2,1-3H3/b12-4-,25-23+/t32-,33-,34+,35-,39?/m1/s1. The number of ether oxygens (including phenoxy) is 3. The second-order valence-corrected chi connectivity index (χ2v) is 13.6. The molecule has 7 nitrogen and oxygen atoms in total. The van der Waals surface area contributed by atoms with Crippen LogP contribution in [0.5, 0.6) is 0 Å². The van der Waals surface area contributed by atoms with Crippen molar-refractivity contribution < 1.29 is 33.7 Å². The molecule has 0 spiro atoms. The van der Waals surface area contributed by atoms with Gasteiger partial charge in [-0.25, -0.2) is 9.59 Å². The summed E-state index contributed by atoms with van der Waals surface area (Å²) in [4.78, 5) is 39.6. The van der Waals surface area contributed by atoms with E-state index in [2.05, 4.69) is 6.07 Å². The summed E-state index contributed by atoms with van der Waals surface area (Å²) < 4.78 is 17.4. The van der Waals surface area contributed by atoms with Gasteiger partial charge in [0.2, 0.25) is 0 Å². The molecular formula is C39H46O7S. The normalized spacial score (nSPS) is 20.8. The average Bonchev–Trinajstić information content (AvgIpc) is 3.69. The van der Waals surface area contributed by atoms with Crippen molar-refractivity contribution in [2.75, 3.05) is 0 Å². The number of esters is 3. The van der Waals surface area contributed by atoms with Crippen molar-refractivity contribution in [3.05, 3.63) is 118 Å². The predicted molar refractivity (Wildman–Crippen MR) is 184 cm³/mol. The lowest BCUT2D eigenvalue weighted by Crippen LogP contribution is -2.27. The van der Waals surface area contributed by atoms with Crippen molar-refractivity contribution in [1.29, 1.82) is 0 Å². The van der Waals surface area contributed by atoms with E-state index < -0.39 is 29.7 Å². The maximum atomic E-state index is 13.2. The van der Waals surface area contributed by atoms with Gasteiger partial charge in [-0.15, -0.1) is 11.3 Å². The van der Waals surface area contributed by atoms with Gasteiger partial charge in [0.05, 0.1) is 22.8 Å². The van der Waals surface area contributed by atoms with Gasteiger partial charge in [-0.3, -0.25) is 4.79 Å². The Bertz CT molecular complexity index is 1460. The molecule has 0 saturated heterocycles.